The van der Waals surface area contributed by atoms with Crippen LogP contribution in [0, 0.1) is 13.8 Å². The van der Waals surface area contributed by atoms with E-state index in [9.17, 15) is 4.79 Å². The first kappa shape index (κ1) is 15.0. The van der Waals surface area contributed by atoms with Crippen molar-refractivity contribution in [3.05, 3.63) is 71.4 Å². The molecule has 5 heteroatoms. The summed E-state index contributed by atoms with van der Waals surface area (Å²) in [4.78, 5) is 12.0. The predicted octanol–water partition coefficient (Wildman–Crippen LogP) is 3.28. The molecule has 1 heterocycles. The lowest BCUT2D eigenvalue weighted by atomic mass is 10.1. The highest BCUT2D eigenvalue weighted by atomic mass is 16.5. The molecule has 0 saturated carbocycles. The number of carbonyl (C=O) groups excluding carboxylic acids is 1. The monoisotopic (exact) mass is 307 g/mol. The van der Waals surface area contributed by atoms with E-state index in [2.05, 4.69) is 5.10 Å². The second-order valence-corrected chi connectivity index (χ2v) is 5.37. The van der Waals surface area contributed by atoms with Crippen LogP contribution in [0.3, 0.4) is 0 Å². The Morgan fingerprint density at radius 3 is 2.35 bits per heavy atom. The van der Waals surface area contributed by atoms with Crippen LogP contribution in [0.4, 0.5) is 0 Å². The van der Waals surface area contributed by atoms with E-state index in [1.165, 1.54) is 0 Å². The first-order chi connectivity index (χ1) is 11.1. The Bertz CT molecular complexity index is 868. The Kier molecular flexibility index (Phi) is 3.95. The van der Waals surface area contributed by atoms with Gasteiger partial charge in [-0.3, -0.25) is 10.0 Å². The lowest BCUT2D eigenvalue weighted by molar-refractivity contribution is 0.0697. The molecule has 0 aliphatic carbocycles. The molecule has 0 radical (unpaired) electrons. The molecule has 0 unspecified atom stereocenters. The van der Waals surface area contributed by atoms with E-state index in [1.54, 1.807) is 16.2 Å². The number of amides is 1. The molecule has 1 amide bonds. The minimum Gasteiger partial charge on any atom is -0.288 e. The molecule has 2 N–H and O–H groups in total. The van der Waals surface area contributed by atoms with E-state index < -0.39 is 5.91 Å². The van der Waals surface area contributed by atoms with Crippen LogP contribution in [-0.4, -0.2) is 20.9 Å². The Labute approximate surface area is 134 Å². The Balaban J connectivity index is 2.22. The van der Waals surface area contributed by atoms with Crippen LogP contribution in [0.15, 0.2) is 54.6 Å². The fraction of sp³-hybridized carbons (Fsp3) is 0.111. The van der Waals surface area contributed by atoms with Gasteiger partial charge in [0.25, 0.3) is 5.91 Å². The second kappa shape index (κ2) is 6.06. The Morgan fingerprint density at radius 1 is 1.04 bits per heavy atom. The fourth-order valence-corrected chi connectivity index (χ4v) is 2.58. The zero-order chi connectivity index (χ0) is 16.4. The van der Waals surface area contributed by atoms with Gasteiger partial charge in [-0.2, -0.15) is 5.10 Å². The molecule has 0 spiro atoms. The third-order valence-corrected chi connectivity index (χ3v) is 3.81. The summed E-state index contributed by atoms with van der Waals surface area (Å²) in [6, 6.07) is 17.2. The highest BCUT2D eigenvalue weighted by molar-refractivity contribution is 5.93. The van der Waals surface area contributed by atoms with E-state index in [0.29, 0.717) is 5.69 Å². The van der Waals surface area contributed by atoms with Crippen molar-refractivity contribution in [3.8, 4) is 16.9 Å². The Morgan fingerprint density at radius 2 is 1.70 bits per heavy atom. The number of nitrogens with one attached hydrogen (secondary N) is 1. The molecule has 0 saturated heterocycles. The number of rotatable bonds is 3. The first-order valence-electron chi connectivity index (χ1n) is 7.28. The highest BCUT2D eigenvalue weighted by Crippen LogP contribution is 2.25. The van der Waals surface area contributed by atoms with Crippen LogP contribution in [0.25, 0.3) is 16.9 Å². The van der Waals surface area contributed by atoms with Gasteiger partial charge in [0.05, 0.1) is 11.4 Å². The summed E-state index contributed by atoms with van der Waals surface area (Å²) in [5.41, 5.74) is 6.45. The van der Waals surface area contributed by atoms with Crippen molar-refractivity contribution < 1.29 is 10.0 Å². The number of carbonyl (C=O) groups is 1. The van der Waals surface area contributed by atoms with Crippen molar-refractivity contribution in [2.45, 2.75) is 13.8 Å². The normalized spacial score (nSPS) is 10.6. The van der Waals surface area contributed by atoms with Crippen LogP contribution < -0.4 is 5.48 Å². The van der Waals surface area contributed by atoms with Gasteiger partial charge >= 0.3 is 0 Å². The number of benzene rings is 2. The van der Waals surface area contributed by atoms with Gasteiger partial charge < -0.3 is 0 Å². The van der Waals surface area contributed by atoms with Gasteiger partial charge in [0, 0.05) is 5.56 Å². The summed E-state index contributed by atoms with van der Waals surface area (Å²) in [7, 11) is 0. The highest BCUT2D eigenvalue weighted by Gasteiger charge is 2.18. The number of para-hydroxylation sites is 1. The lowest BCUT2D eigenvalue weighted by Gasteiger charge is -2.08. The van der Waals surface area contributed by atoms with E-state index in [-0.39, 0.29) is 5.69 Å². The molecular formula is C18H17N3O2. The van der Waals surface area contributed by atoms with Crippen LogP contribution >= 0.6 is 0 Å². The molecule has 0 fully saturated rings. The van der Waals surface area contributed by atoms with Crippen LogP contribution in [-0.2, 0) is 0 Å². The Hall–Kier alpha value is -2.92. The average Bonchev–Trinajstić information content (AvgIpc) is 3.00. The van der Waals surface area contributed by atoms with Crippen molar-refractivity contribution >= 4 is 5.91 Å². The van der Waals surface area contributed by atoms with Gasteiger partial charge in [0.15, 0.2) is 0 Å². The number of aromatic nitrogens is 2. The van der Waals surface area contributed by atoms with E-state index in [4.69, 9.17) is 5.21 Å². The maximum absolute atomic E-state index is 12.0. The van der Waals surface area contributed by atoms with Crippen molar-refractivity contribution in [3.63, 3.8) is 0 Å². The van der Waals surface area contributed by atoms with Gasteiger partial charge in [-0.05, 0) is 37.1 Å². The van der Waals surface area contributed by atoms with Gasteiger partial charge in [0.1, 0.15) is 5.69 Å². The smallest absolute Gasteiger partial charge is 0.288 e. The van der Waals surface area contributed by atoms with E-state index >= 15 is 0 Å². The van der Waals surface area contributed by atoms with Crippen LogP contribution in [0.5, 0.6) is 0 Å². The molecule has 23 heavy (non-hydrogen) atoms. The topological polar surface area (TPSA) is 67.2 Å². The summed E-state index contributed by atoms with van der Waals surface area (Å²) in [5.74, 6) is -0.597. The van der Waals surface area contributed by atoms with E-state index in [0.717, 1.165) is 22.4 Å². The predicted molar refractivity (Wildman–Crippen MR) is 87.7 cm³/mol. The molecule has 3 rings (SSSR count). The summed E-state index contributed by atoms with van der Waals surface area (Å²) in [6.45, 7) is 3.94. The molecule has 0 bridgehead atoms. The molecule has 5 nitrogen and oxygen atoms in total. The third-order valence-electron chi connectivity index (χ3n) is 3.81. The summed E-state index contributed by atoms with van der Waals surface area (Å²) < 4.78 is 1.56. The molecule has 3 aromatic rings. The number of hydroxylamine groups is 1. The zero-order valence-corrected chi connectivity index (χ0v) is 12.9. The quantitative estimate of drug-likeness (QED) is 0.576. The van der Waals surface area contributed by atoms with Gasteiger partial charge in [0.2, 0.25) is 0 Å². The second-order valence-electron chi connectivity index (χ2n) is 5.37. The van der Waals surface area contributed by atoms with Crippen molar-refractivity contribution in [2.24, 2.45) is 0 Å². The maximum atomic E-state index is 12.0. The lowest BCUT2D eigenvalue weighted by Crippen LogP contribution is -2.22. The summed E-state index contributed by atoms with van der Waals surface area (Å²) in [5, 5.41) is 13.6. The SMILES string of the molecule is Cc1ccccc1-c1cc(C(=O)NO)n(-c2ccccc2C)n1. The molecule has 2 aromatic carbocycles. The molecule has 0 aliphatic heterocycles. The fourth-order valence-electron chi connectivity index (χ4n) is 2.58. The number of hydrogen-bond acceptors (Lipinski definition) is 3. The van der Waals surface area contributed by atoms with Gasteiger partial charge in [-0.15, -0.1) is 0 Å². The van der Waals surface area contributed by atoms with Crippen molar-refractivity contribution in [1.29, 1.82) is 0 Å². The van der Waals surface area contributed by atoms with E-state index in [1.807, 2.05) is 62.4 Å². The largest absolute Gasteiger partial charge is 0.293 e. The minimum absolute atomic E-state index is 0.278. The average molecular weight is 307 g/mol. The number of nitrogens with zero attached hydrogens (tertiary/aromatic N) is 2. The van der Waals surface area contributed by atoms with Crippen molar-refractivity contribution in [2.75, 3.05) is 0 Å². The summed E-state index contributed by atoms with van der Waals surface area (Å²) in [6.07, 6.45) is 0. The standard InChI is InChI=1S/C18H17N3O2/c1-12-7-3-5-9-14(12)15-11-17(18(22)20-23)21(19-15)16-10-6-4-8-13(16)2/h3-11,23H,1-2H3,(H,20,22). The minimum atomic E-state index is -0.597. The molecule has 116 valence electrons. The molecule has 0 aliphatic rings. The van der Waals surface area contributed by atoms with Gasteiger partial charge in [-0.25, -0.2) is 10.2 Å². The zero-order valence-electron chi connectivity index (χ0n) is 12.9. The van der Waals surface area contributed by atoms with Crippen LogP contribution in [0.2, 0.25) is 0 Å². The van der Waals surface area contributed by atoms with Crippen molar-refractivity contribution in [1.82, 2.24) is 15.3 Å². The van der Waals surface area contributed by atoms with Crippen LogP contribution in [0.1, 0.15) is 21.6 Å². The molecule has 1 aromatic heterocycles. The third kappa shape index (κ3) is 2.74. The first-order valence-corrected chi connectivity index (χ1v) is 7.28. The summed E-state index contributed by atoms with van der Waals surface area (Å²) >= 11 is 0. The van der Waals surface area contributed by atoms with Gasteiger partial charge in [-0.1, -0.05) is 42.5 Å². The maximum Gasteiger partial charge on any atom is 0.293 e. The molecular weight excluding hydrogens is 290 g/mol. The molecule has 0 atom stereocenters. The number of hydrogen-bond donors (Lipinski definition) is 2. The number of aryl methyl sites for hydroxylation is 2.